The minimum atomic E-state index is -4.61. The van der Waals surface area contributed by atoms with Crippen molar-refractivity contribution in [2.45, 2.75) is 4.90 Å². The summed E-state index contributed by atoms with van der Waals surface area (Å²) < 4.78 is 32.7. The van der Waals surface area contributed by atoms with Crippen LogP contribution in [0.5, 0.6) is 0 Å². The van der Waals surface area contributed by atoms with Gasteiger partial charge in [0.15, 0.2) is 0 Å². The van der Waals surface area contributed by atoms with Crippen LogP contribution in [0, 0.1) is 0 Å². The molecule has 0 spiro atoms. The first-order chi connectivity index (χ1) is 5.00. The number of rotatable bonds is 1. The van der Waals surface area contributed by atoms with Crippen molar-refractivity contribution in [3.63, 3.8) is 0 Å². The summed E-state index contributed by atoms with van der Waals surface area (Å²) in [7, 11) is -4.61. The number of nitrogens with two attached hydrogens (primary N) is 1. The summed E-state index contributed by atoms with van der Waals surface area (Å²) >= 11 is 0. The fourth-order valence-electron chi connectivity index (χ4n) is 0.666. The molecule has 0 heterocycles. The van der Waals surface area contributed by atoms with Gasteiger partial charge in [0.1, 0.15) is 4.90 Å². The van der Waals surface area contributed by atoms with Gasteiger partial charge in [-0.3, -0.25) is 0 Å². The summed E-state index contributed by atoms with van der Waals surface area (Å²) in [5.74, 6) is 0. The van der Waals surface area contributed by atoms with Crippen LogP contribution in [0.4, 0.5) is 9.57 Å². The van der Waals surface area contributed by atoms with E-state index in [1.165, 1.54) is 12.1 Å². The van der Waals surface area contributed by atoms with Crippen molar-refractivity contribution in [1.29, 1.82) is 0 Å². The van der Waals surface area contributed by atoms with Crippen molar-refractivity contribution in [2.24, 2.45) is 0 Å². The molecule has 0 saturated carbocycles. The highest BCUT2D eigenvalue weighted by atomic mass is 32.3. The van der Waals surface area contributed by atoms with E-state index in [9.17, 15) is 12.3 Å². The molecule has 11 heavy (non-hydrogen) atoms. The van der Waals surface area contributed by atoms with E-state index in [1.54, 1.807) is 0 Å². The lowest BCUT2D eigenvalue weighted by molar-refractivity contribution is 0.552. The predicted octanol–water partition coefficient (Wildman–Crippen LogP) is 0.927. The zero-order valence-corrected chi connectivity index (χ0v) is 6.31. The third-order valence-electron chi connectivity index (χ3n) is 1.14. The third-order valence-corrected chi connectivity index (χ3v) is 1.96. The van der Waals surface area contributed by atoms with Crippen LogP contribution < -0.4 is 5.73 Å². The van der Waals surface area contributed by atoms with Crippen molar-refractivity contribution in [3.8, 4) is 0 Å². The van der Waals surface area contributed by atoms with E-state index in [0.29, 0.717) is 0 Å². The van der Waals surface area contributed by atoms with Crippen LogP contribution in [-0.4, -0.2) is 8.42 Å². The Kier molecular flexibility index (Phi) is 1.82. The van der Waals surface area contributed by atoms with Crippen LogP contribution in [0.15, 0.2) is 29.2 Å². The normalized spacial score (nSPS) is 11.4. The Morgan fingerprint density at radius 1 is 1.36 bits per heavy atom. The lowest BCUT2D eigenvalue weighted by atomic mass is 10.3. The van der Waals surface area contributed by atoms with Gasteiger partial charge in [-0.25, -0.2) is 0 Å². The van der Waals surface area contributed by atoms with E-state index in [-0.39, 0.29) is 5.69 Å². The molecule has 0 saturated heterocycles. The van der Waals surface area contributed by atoms with E-state index >= 15 is 0 Å². The first kappa shape index (κ1) is 8.00. The predicted molar refractivity (Wildman–Crippen MR) is 39.1 cm³/mol. The fraction of sp³-hybridized carbons (Fsp3) is 0. The highest BCUT2D eigenvalue weighted by Gasteiger charge is 2.10. The van der Waals surface area contributed by atoms with Gasteiger partial charge in [-0.2, -0.15) is 8.42 Å². The molecule has 60 valence electrons. The van der Waals surface area contributed by atoms with Crippen LogP contribution in [0.3, 0.4) is 0 Å². The highest BCUT2D eigenvalue weighted by molar-refractivity contribution is 7.86. The molecule has 0 aromatic heterocycles. The number of anilines is 1. The summed E-state index contributed by atoms with van der Waals surface area (Å²) in [6.45, 7) is 0. The molecular weight excluding hydrogens is 169 g/mol. The Labute approximate surface area is 63.9 Å². The van der Waals surface area contributed by atoms with Gasteiger partial charge in [0, 0.05) is 5.69 Å². The molecule has 0 unspecified atom stereocenters. The summed E-state index contributed by atoms with van der Waals surface area (Å²) in [6, 6.07) is 5.07. The Hall–Kier alpha value is -1.10. The van der Waals surface area contributed by atoms with Crippen molar-refractivity contribution in [3.05, 3.63) is 24.3 Å². The zero-order valence-electron chi connectivity index (χ0n) is 5.49. The number of nitrogen functional groups attached to an aromatic ring is 1. The van der Waals surface area contributed by atoms with Gasteiger partial charge >= 0.3 is 10.2 Å². The van der Waals surface area contributed by atoms with Crippen LogP contribution >= 0.6 is 0 Å². The Morgan fingerprint density at radius 3 is 2.36 bits per heavy atom. The summed E-state index contributed by atoms with van der Waals surface area (Å²) in [5.41, 5.74) is 5.45. The highest BCUT2D eigenvalue weighted by Crippen LogP contribution is 2.14. The fourth-order valence-corrected chi connectivity index (χ4v) is 1.18. The maximum atomic E-state index is 12.2. The van der Waals surface area contributed by atoms with Crippen LogP contribution in [0.1, 0.15) is 0 Å². The average molecular weight is 175 g/mol. The average Bonchev–Trinajstić information content (AvgIpc) is 1.86. The van der Waals surface area contributed by atoms with Crippen molar-refractivity contribution < 1.29 is 12.3 Å². The minimum Gasteiger partial charge on any atom is -0.399 e. The zero-order chi connectivity index (χ0) is 8.48. The van der Waals surface area contributed by atoms with Crippen molar-refractivity contribution in [1.82, 2.24) is 0 Å². The van der Waals surface area contributed by atoms with Crippen molar-refractivity contribution >= 4 is 15.9 Å². The second-order valence-electron chi connectivity index (χ2n) is 2.01. The van der Waals surface area contributed by atoms with Gasteiger partial charge in [0.05, 0.1) is 0 Å². The molecule has 0 fully saturated rings. The van der Waals surface area contributed by atoms with E-state index in [0.717, 1.165) is 12.1 Å². The van der Waals surface area contributed by atoms with E-state index in [1.807, 2.05) is 0 Å². The second-order valence-corrected chi connectivity index (χ2v) is 3.36. The molecule has 0 radical (unpaired) electrons. The first-order valence-electron chi connectivity index (χ1n) is 2.80. The maximum absolute atomic E-state index is 12.2. The molecule has 0 aliphatic heterocycles. The quantitative estimate of drug-likeness (QED) is 0.510. The molecule has 0 amide bonds. The molecule has 0 bridgehead atoms. The molecule has 0 aliphatic carbocycles. The molecule has 5 heteroatoms. The van der Waals surface area contributed by atoms with Gasteiger partial charge < -0.3 is 5.73 Å². The topological polar surface area (TPSA) is 60.2 Å². The van der Waals surface area contributed by atoms with Gasteiger partial charge in [0.2, 0.25) is 0 Å². The van der Waals surface area contributed by atoms with Crippen LogP contribution in [0.2, 0.25) is 0 Å². The lowest BCUT2D eigenvalue weighted by Crippen LogP contribution is -1.93. The van der Waals surface area contributed by atoms with Gasteiger partial charge in [-0.15, -0.1) is 3.89 Å². The molecule has 3 nitrogen and oxygen atoms in total. The first-order valence-corrected chi connectivity index (χ1v) is 4.19. The molecule has 0 atom stereocenters. The van der Waals surface area contributed by atoms with E-state index < -0.39 is 15.1 Å². The van der Waals surface area contributed by atoms with Crippen molar-refractivity contribution in [2.75, 3.05) is 5.73 Å². The van der Waals surface area contributed by atoms with Crippen LogP contribution in [-0.2, 0) is 10.2 Å². The summed E-state index contributed by atoms with van der Waals surface area (Å²) in [6.07, 6.45) is 0. The maximum Gasteiger partial charge on any atom is 0.332 e. The Bertz CT molecular complexity index is 361. The summed E-state index contributed by atoms with van der Waals surface area (Å²) in [5, 5.41) is 0. The second kappa shape index (κ2) is 2.50. The summed E-state index contributed by atoms with van der Waals surface area (Å²) in [4.78, 5) is -0.405. The molecule has 1 aromatic carbocycles. The molecule has 0 aliphatic rings. The standard InChI is InChI=1S/C6H6FNO2S/c7-11(9,10)6-3-1-2-5(8)4-6/h1-4H,8H2. The number of benzene rings is 1. The number of hydrogen-bond donors (Lipinski definition) is 1. The van der Waals surface area contributed by atoms with Crippen LogP contribution in [0.25, 0.3) is 0 Å². The monoisotopic (exact) mass is 175 g/mol. The molecular formula is C6H6FNO2S. The van der Waals surface area contributed by atoms with Gasteiger partial charge in [-0.1, -0.05) is 6.07 Å². The molecule has 2 N–H and O–H groups in total. The molecule has 1 rings (SSSR count). The third kappa shape index (κ3) is 1.91. The molecule has 1 aromatic rings. The lowest BCUT2D eigenvalue weighted by Gasteiger charge is -1.94. The van der Waals surface area contributed by atoms with Gasteiger partial charge in [0.25, 0.3) is 0 Å². The van der Waals surface area contributed by atoms with Gasteiger partial charge in [-0.05, 0) is 18.2 Å². The largest absolute Gasteiger partial charge is 0.399 e. The number of halogens is 1. The Balaban J connectivity index is 3.28. The SMILES string of the molecule is Nc1cccc(S(=O)(=O)F)c1. The number of hydrogen-bond acceptors (Lipinski definition) is 3. The van der Waals surface area contributed by atoms with E-state index in [4.69, 9.17) is 5.73 Å². The smallest absolute Gasteiger partial charge is 0.332 e. The Morgan fingerprint density at radius 2 is 2.00 bits per heavy atom. The van der Waals surface area contributed by atoms with E-state index in [2.05, 4.69) is 0 Å². The minimum absolute atomic E-state index is 0.226.